The zero-order valence-electron chi connectivity index (χ0n) is 12.7. The molecule has 1 aliphatic carbocycles. The number of hydrogen-bond donors (Lipinski definition) is 1. The zero-order chi connectivity index (χ0) is 16.3. The van der Waals surface area contributed by atoms with E-state index in [-0.39, 0.29) is 42.6 Å². The van der Waals surface area contributed by atoms with Gasteiger partial charge in [-0.2, -0.15) is 0 Å². The number of carbonyl (C=O) groups excluding carboxylic acids is 1. The minimum absolute atomic E-state index is 0. The number of hydrogen-bond acceptors (Lipinski definition) is 3. The molecule has 0 bridgehead atoms. The van der Waals surface area contributed by atoms with Gasteiger partial charge in [-0.1, -0.05) is 12.1 Å². The summed E-state index contributed by atoms with van der Waals surface area (Å²) in [5, 5.41) is 0. The molecule has 0 spiro atoms. The number of benzene rings is 1. The van der Waals surface area contributed by atoms with E-state index in [4.69, 9.17) is 5.73 Å². The predicted molar refractivity (Wildman–Crippen MR) is 82.2 cm³/mol. The molecule has 0 saturated heterocycles. The lowest BCUT2D eigenvalue weighted by atomic mass is 10.1. The first-order valence-corrected chi connectivity index (χ1v) is 7.10. The van der Waals surface area contributed by atoms with E-state index in [1.807, 2.05) is 0 Å². The highest BCUT2D eigenvalue weighted by molar-refractivity contribution is 5.85. The summed E-state index contributed by atoms with van der Waals surface area (Å²) in [6.45, 7) is 0.236. The molecule has 1 amide bonds. The summed E-state index contributed by atoms with van der Waals surface area (Å²) in [6, 6.07) is 5.71. The molecule has 1 saturated carbocycles. The van der Waals surface area contributed by atoms with Crippen molar-refractivity contribution in [2.24, 2.45) is 11.7 Å². The predicted octanol–water partition coefficient (Wildman–Crippen LogP) is 3.09. The van der Waals surface area contributed by atoms with Crippen molar-refractivity contribution < 1.29 is 22.7 Å². The second-order valence-electron chi connectivity index (χ2n) is 5.66. The molecule has 2 unspecified atom stereocenters. The van der Waals surface area contributed by atoms with Gasteiger partial charge < -0.3 is 15.4 Å². The number of ether oxygens (including phenoxy) is 1. The Morgan fingerprint density at radius 2 is 2.09 bits per heavy atom. The van der Waals surface area contributed by atoms with Crippen molar-refractivity contribution in [2.75, 3.05) is 7.05 Å². The number of nitrogens with zero attached hydrogens (tertiary/aromatic N) is 1. The average Bonchev–Trinajstić information content (AvgIpc) is 2.83. The van der Waals surface area contributed by atoms with Gasteiger partial charge in [-0.25, -0.2) is 0 Å². The molecule has 1 aromatic carbocycles. The molecule has 0 aliphatic heterocycles. The maximum atomic E-state index is 12.3. The van der Waals surface area contributed by atoms with Crippen LogP contribution in [0.25, 0.3) is 0 Å². The maximum Gasteiger partial charge on any atom is 0.573 e. The van der Waals surface area contributed by atoms with E-state index in [0.29, 0.717) is 12.0 Å². The SMILES string of the molecule is CN(Cc1cccc(OC(F)(F)F)c1)C(=O)C1CCC(N)C1.Cl. The lowest BCUT2D eigenvalue weighted by Gasteiger charge is -2.21. The molecular formula is C15H20ClF3N2O2. The highest BCUT2D eigenvalue weighted by Gasteiger charge is 2.31. The van der Waals surface area contributed by atoms with Gasteiger partial charge in [-0.05, 0) is 37.0 Å². The first kappa shape index (κ1) is 19.6. The molecule has 2 atom stereocenters. The summed E-state index contributed by atoms with van der Waals surface area (Å²) in [6.07, 6.45) is -2.46. The minimum Gasteiger partial charge on any atom is -0.406 e. The van der Waals surface area contributed by atoms with Crippen molar-refractivity contribution in [2.45, 2.75) is 38.2 Å². The Morgan fingerprint density at radius 1 is 1.39 bits per heavy atom. The maximum absolute atomic E-state index is 12.3. The molecule has 8 heteroatoms. The van der Waals surface area contributed by atoms with Gasteiger partial charge in [0.2, 0.25) is 5.91 Å². The highest BCUT2D eigenvalue weighted by Crippen LogP contribution is 2.27. The van der Waals surface area contributed by atoms with Crippen LogP contribution in [0.2, 0.25) is 0 Å². The molecule has 130 valence electrons. The lowest BCUT2D eigenvalue weighted by Crippen LogP contribution is -2.32. The normalized spacial score (nSPS) is 20.7. The molecule has 0 aromatic heterocycles. The Hall–Kier alpha value is -1.47. The largest absolute Gasteiger partial charge is 0.573 e. The quantitative estimate of drug-likeness (QED) is 0.906. The van der Waals surface area contributed by atoms with E-state index in [9.17, 15) is 18.0 Å². The molecule has 4 nitrogen and oxygen atoms in total. The zero-order valence-corrected chi connectivity index (χ0v) is 13.5. The first-order chi connectivity index (χ1) is 10.2. The topological polar surface area (TPSA) is 55.6 Å². The standard InChI is InChI=1S/C15H19F3N2O2.ClH/c1-20(14(21)11-5-6-12(19)8-11)9-10-3-2-4-13(7-10)22-15(16,17)18;/h2-4,7,11-12H,5-6,8-9,19H2,1H3;1H. The van der Waals surface area contributed by atoms with Crippen LogP contribution in [0.3, 0.4) is 0 Å². The number of amides is 1. The van der Waals surface area contributed by atoms with Crippen molar-refractivity contribution in [1.29, 1.82) is 0 Å². The van der Waals surface area contributed by atoms with Gasteiger partial charge in [0.1, 0.15) is 5.75 Å². The number of rotatable bonds is 4. The van der Waals surface area contributed by atoms with E-state index in [1.165, 1.54) is 23.1 Å². The Balaban J connectivity index is 0.00000264. The van der Waals surface area contributed by atoms with Crippen molar-refractivity contribution in [3.63, 3.8) is 0 Å². The Labute approximate surface area is 139 Å². The van der Waals surface area contributed by atoms with Gasteiger partial charge in [0.15, 0.2) is 0 Å². The van der Waals surface area contributed by atoms with Crippen LogP contribution in [0.5, 0.6) is 5.75 Å². The summed E-state index contributed by atoms with van der Waals surface area (Å²) in [5.74, 6) is -0.390. The van der Waals surface area contributed by atoms with Gasteiger partial charge in [-0.15, -0.1) is 25.6 Å². The molecule has 23 heavy (non-hydrogen) atoms. The van der Waals surface area contributed by atoms with Crippen LogP contribution in [0.1, 0.15) is 24.8 Å². The molecular weight excluding hydrogens is 333 g/mol. The van der Waals surface area contributed by atoms with Crippen LogP contribution in [-0.4, -0.2) is 30.3 Å². The van der Waals surface area contributed by atoms with Crippen molar-refractivity contribution in [3.8, 4) is 5.75 Å². The number of alkyl halides is 3. The lowest BCUT2D eigenvalue weighted by molar-refractivity contribution is -0.274. The minimum atomic E-state index is -4.72. The average molecular weight is 353 g/mol. The summed E-state index contributed by atoms with van der Waals surface area (Å²) in [4.78, 5) is 13.8. The van der Waals surface area contributed by atoms with Crippen molar-refractivity contribution in [3.05, 3.63) is 29.8 Å². The molecule has 2 N–H and O–H groups in total. The second-order valence-corrected chi connectivity index (χ2v) is 5.66. The van der Waals surface area contributed by atoms with Crippen LogP contribution in [0.15, 0.2) is 24.3 Å². The van der Waals surface area contributed by atoms with Gasteiger partial charge in [0, 0.05) is 25.6 Å². The van der Waals surface area contributed by atoms with E-state index >= 15 is 0 Å². The van der Waals surface area contributed by atoms with Gasteiger partial charge >= 0.3 is 6.36 Å². The van der Waals surface area contributed by atoms with Gasteiger partial charge in [-0.3, -0.25) is 4.79 Å². The van der Waals surface area contributed by atoms with E-state index in [1.54, 1.807) is 13.1 Å². The third-order valence-electron chi connectivity index (χ3n) is 3.75. The fourth-order valence-corrected chi connectivity index (χ4v) is 2.75. The van der Waals surface area contributed by atoms with Crippen LogP contribution < -0.4 is 10.5 Å². The van der Waals surface area contributed by atoms with E-state index < -0.39 is 6.36 Å². The molecule has 1 aliphatic rings. The Morgan fingerprint density at radius 3 is 2.65 bits per heavy atom. The number of carbonyl (C=O) groups is 1. The highest BCUT2D eigenvalue weighted by atomic mass is 35.5. The summed E-state index contributed by atoms with van der Waals surface area (Å²) >= 11 is 0. The third-order valence-corrected chi connectivity index (χ3v) is 3.75. The van der Waals surface area contributed by atoms with Crippen molar-refractivity contribution >= 4 is 18.3 Å². The Kier molecular flexibility index (Phi) is 6.70. The van der Waals surface area contributed by atoms with Crippen LogP contribution in [0, 0.1) is 5.92 Å². The smallest absolute Gasteiger partial charge is 0.406 e. The van der Waals surface area contributed by atoms with E-state index in [0.717, 1.165) is 12.8 Å². The van der Waals surface area contributed by atoms with Gasteiger partial charge in [0.25, 0.3) is 0 Å². The van der Waals surface area contributed by atoms with E-state index in [2.05, 4.69) is 4.74 Å². The fraction of sp³-hybridized carbons (Fsp3) is 0.533. The molecule has 1 aromatic rings. The van der Waals surface area contributed by atoms with Crippen LogP contribution in [0.4, 0.5) is 13.2 Å². The third kappa shape index (κ3) is 5.91. The summed E-state index contributed by atoms with van der Waals surface area (Å²) in [7, 11) is 1.64. The fourth-order valence-electron chi connectivity index (χ4n) is 2.75. The monoisotopic (exact) mass is 352 g/mol. The molecule has 0 radical (unpaired) electrons. The molecule has 2 rings (SSSR count). The number of halogens is 4. The summed E-state index contributed by atoms with van der Waals surface area (Å²) < 4.78 is 40.5. The molecule has 0 heterocycles. The van der Waals surface area contributed by atoms with Crippen molar-refractivity contribution in [1.82, 2.24) is 4.90 Å². The first-order valence-electron chi connectivity index (χ1n) is 7.10. The second kappa shape index (κ2) is 7.88. The van der Waals surface area contributed by atoms with Crippen LogP contribution in [-0.2, 0) is 11.3 Å². The van der Waals surface area contributed by atoms with Gasteiger partial charge in [0.05, 0.1) is 0 Å². The summed E-state index contributed by atoms with van der Waals surface area (Å²) in [5.41, 5.74) is 6.38. The Bertz CT molecular complexity index is 540. The van der Waals surface area contributed by atoms with Crippen LogP contribution >= 0.6 is 12.4 Å². The number of nitrogens with two attached hydrogens (primary N) is 1. The molecule has 1 fully saturated rings.